The molecule has 1 aliphatic carbocycles. The average Bonchev–Trinajstić information content (AvgIpc) is 2.89. The minimum atomic E-state index is -3.99. The number of nitrogens with zero attached hydrogens (tertiary/aromatic N) is 1. The van der Waals surface area contributed by atoms with E-state index >= 15 is 0 Å². The van der Waals surface area contributed by atoms with Gasteiger partial charge in [0.25, 0.3) is 0 Å². The van der Waals surface area contributed by atoms with Gasteiger partial charge in [0.05, 0.1) is 5.92 Å². The lowest BCUT2D eigenvalue weighted by Crippen LogP contribution is -2.47. The van der Waals surface area contributed by atoms with Crippen molar-refractivity contribution < 1.29 is 13.2 Å². The Balaban J connectivity index is 1.89. The monoisotopic (exact) mass is 278 g/mol. The molecule has 1 N–H and O–H groups in total. The molecule has 1 atom stereocenters. The van der Waals surface area contributed by atoms with Gasteiger partial charge in [-0.25, -0.2) is 0 Å². The SMILES string of the molecule is CCCN(C1CCC(C(F)(F)F)CC1)C1CCNC1. The summed E-state index contributed by atoms with van der Waals surface area (Å²) >= 11 is 0. The molecule has 2 fully saturated rings. The van der Waals surface area contributed by atoms with Crippen molar-refractivity contribution in [2.75, 3.05) is 19.6 Å². The summed E-state index contributed by atoms with van der Waals surface area (Å²) in [7, 11) is 0. The molecule has 0 bridgehead atoms. The summed E-state index contributed by atoms with van der Waals surface area (Å²) in [5.41, 5.74) is 0. The fourth-order valence-corrected chi connectivity index (χ4v) is 3.58. The van der Waals surface area contributed by atoms with Crippen LogP contribution in [-0.4, -0.2) is 42.8 Å². The Morgan fingerprint density at radius 2 is 1.74 bits per heavy atom. The normalized spacial score (nSPS) is 33.0. The van der Waals surface area contributed by atoms with Crippen LogP contribution in [0.1, 0.15) is 45.4 Å². The van der Waals surface area contributed by atoms with Crippen molar-refractivity contribution in [3.8, 4) is 0 Å². The van der Waals surface area contributed by atoms with Gasteiger partial charge in [0, 0.05) is 18.6 Å². The van der Waals surface area contributed by atoms with E-state index in [4.69, 9.17) is 0 Å². The third-order valence-electron chi connectivity index (χ3n) is 4.61. The third kappa shape index (κ3) is 3.85. The Labute approximate surface area is 113 Å². The Morgan fingerprint density at radius 3 is 2.21 bits per heavy atom. The first kappa shape index (κ1) is 15.1. The summed E-state index contributed by atoms with van der Waals surface area (Å²) in [6.45, 7) is 5.21. The summed E-state index contributed by atoms with van der Waals surface area (Å²) in [5.74, 6) is -1.06. The van der Waals surface area contributed by atoms with Gasteiger partial charge in [0.1, 0.15) is 0 Å². The highest BCUT2D eigenvalue weighted by molar-refractivity contribution is 4.88. The molecule has 19 heavy (non-hydrogen) atoms. The second-order valence-corrected chi connectivity index (χ2v) is 5.93. The molecule has 0 amide bonds. The van der Waals surface area contributed by atoms with Gasteiger partial charge >= 0.3 is 6.18 Å². The summed E-state index contributed by atoms with van der Waals surface area (Å²) < 4.78 is 38.1. The molecule has 1 saturated carbocycles. The molecule has 0 spiro atoms. The van der Waals surface area contributed by atoms with E-state index in [0.717, 1.165) is 32.5 Å². The van der Waals surface area contributed by atoms with Crippen LogP contribution in [0.25, 0.3) is 0 Å². The van der Waals surface area contributed by atoms with Gasteiger partial charge in [-0.1, -0.05) is 6.92 Å². The molecule has 1 unspecified atom stereocenters. The molecule has 2 aliphatic rings. The maximum Gasteiger partial charge on any atom is 0.391 e. The highest BCUT2D eigenvalue weighted by Crippen LogP contribution is 2.39. The second-order valence-electron chi connectivity index (χ2n) is 5.93. The molecule has 1 heterocycles. The zero-order valence-corrected chi connectivity index (χ0v) is 11.7. The predicted octanol–water partition coefficient (Wildman–Crippen LogP) is 3.18. The van der Waals surface area contributed by atoms with Crippen molar-refractivity contribution in [3.63, 3.8) is 0 Å². The third-order valence-corrected chi connectivity index (χ3v) is 4.61. The van der Waals surface area contributed by atoms with Gasteiger partial charge < -0.3 is 5.32 Å². The van der Waals surface area contributed by atoms with Gasteiger partial charge in [-0.15, -0.1) is 0 Å². The van der Waals surface area contributed by atoms with Crippen LogP contribution in [0.4, 0.5) is 13.2 Å². The predicted molar refractivity (Wildman–Crippen MR) is 70.1 cm³/mol. The first-order valence-corrected chi connectivity index (χ1v) is 7.55. The van der Waals surface area contributed by atoms with E-state index in [1.54, 1.807) is 0 Å². The first-order valence-electron chi connectivity index (χ1n) is 7.55. The molecule has 1 saturated heterocycles. The summed E-state index contributed by atoms with van der Waals surface area (Å²) in [4.78, 5) is 2.48. The van der Waals surface area contributed by atoms with E-state index in [1.807, 2.05) is 0 Å². The summed E-state index contributed by atoms with van der Waals surface area (Å²) in [5, 5.41) is 3.36. The molecule has 0 aromatic rings. The highest BCUT2D eigenvalue weighted by Gasteiger charge is 2.42. The Bertz CT molecular complexity index is 266. The van der Waals surface area contributed by atoms with E-state index in [1.165, 1.54) is 0 Å². The lowest BCUT2D eigenvalue weighted by Gasteiger charge is -2.40. The van der Waals surface area contributed by atoms with Gasteiger partial charge in [0.15, 0.2) is 0 Å². The Morgan fingerprint density at radius 1 is 1.05 bits per heavy atom. The fourth-order valence-electron chi connectivity index (χ4n) is 3.58. The number of rotatable bonds is 4. The summed E-state index contributed by atoms with van der Waals surface area (Å²) in [6, 6.07) is 0.899. The van der Waals surface area contributed by atoms with E-state index in [2.05, 4.69) is 17.1 Å². The van der Waals surface area contributed by atoms with Crippen molar-refractivity contribution >= 4 is 0 Å². The molecule has 1 aliphatic heterocycles. The quantitative estimate of drug-likeness (QED) is 0.849. The smallest absolute Gasteiger partial charge is 0.315 e. The van der Waals surface area contributed by atoms with E-state index in [9.17, 15) is 13.2 Å². The standard InChI is InChI=1S/C14H25F3N2/c1-2-9-19(13-7-8-18-10-13)12-5-3-11(4-6-12)14(15,16)17/h11-13,18H,2-10H2,1H3. The topological polar surface area (TPSA) is 15.3 Å². The maximum atomic E-state index is 12.7. The van der Waals surface area contributed by atoms with E-state index < -0.39 is 12.1 Å². The average molecular weight is 278 g/mol. The lowest BCUT2D eigenvalue weighted by atomic mass is 9.84. The molecule has 112 valence electrons. The van der Waals surface area contributed by atoms with Crippen molar-refractivity contribution in [1.29, 1.82) is 0 Å². The minimum absolute atomic E-state index is 0.314. The van der Waals surface area contributed by atoms with Crippen LogP contribution in [-0.2, 0) is 0 Å². The van der Waals surface area contributed by atoms with Crippen LogP contribution in [0.3, 0.4) is 0 Å². The number of nitrogens with one attached hydrogen (secondary N) is 1. The molecule has 0 aromatic heterocycles. The summed E-state index contributed by atoms with van der Waals surface area (Å²) in [6.07, 6.45) is 0.273. The fraction of sp³-hybridized carbons (Fsp3) is 1.00. The molecular formula is C14H25F3N2. The Hall–Kier alpha value is -0.290. The largest absolute Gasteiger partial charge is 0.391 e. The van der Waals surface area contributed by atoms with E-state index in [-0.39, 0.29) is 0 Å². The van der Waals surface area contributed by atoms with Crippen LogP contribution in [0.15, 0.2) is 0 Å². The van der Waals surface area contributed by atoms with Crippen LogP contribution in [0.2, 0.25) is 0 Å². The number of alkyl halides is 3. The number of halogens is 3. The van der Waals surface area contributed by atoms with E-state index in [0.29, 0.717) is 37.8 Å². The Kier molecular flexibility index (Phi) is 5.12. The maximum absolute atomic E-state index is 12.7. The molecule has 2 rings (SSSR count). The van der Waals surface area contributed by atoms with Crippen molar-refractivity contribution in [2.24, 2.45) is 5.92 Å². The van der Waals surface area contributed by atoms with Crippen molar-refractivity contribution in [2.45, 2.75) is 63.7 Å². The highest BCUT2D eigenvalue weighted by atomic mass is 19.4. The van der Waals surface area contributed by atoms with Crippen LogP contribution < -0.4 is 5.32 Å². The molecule has 2 nitrogen and oxygen atoms in total. The zero-order valence-electron chi connectivity index (χ0n) is 11.7. The molecule has 0 aromatic carbocycles. The second kappa shape index (κ2) is 6.44. The number of hydrogen-bond donors (Lipinski definition) is 1. The number of hydrogen-bond acceptors (Lipinski definition) is 2. The first-order chi connectivity index (χ1) is 9.02. The lowest BCUT2D eigenvalue weighted by molar-refractivity contribution is -0.184. The zero-order chi connectivity index (χ0) is 13.9. The van der Waals surface area contributed by atoms with Crippen LogP contribution in [0, 0.1) is 5.92 Å². The molecule has 5 heteroatoms. The van der Waals surface area contributed by atoms with Gasteiger partial charge in [-0.2, -0.15) is 13.2 Å². The van der Waals surface area contributed by atoms with Crippen molar-refractivity contribution in [3.05, 3.63) is 0 Å². The van der Waals surface area contributed by atoms with Gasteiger partial charge in [-0.05, 0) is 51.6 Å². The molecular weight excluding hydrogens is 253 g/mol. The van der Waals surface area contributed by atoms with Crippen molar-refractivity contribution in [1.82, 2.24) is 10.2 Å². The van der Waals surface area contributed by atoms with Gasteiger partial charge in [-0.3, -0.25) is 4.90 Å². The minimum Gasteiger partial charge on any atom is -0.315 e. The van der Waals surface area contributed by atoms with Crippen LogP contribution >= 0.6 is 0 Å². The molecule has 0 radical (unpaired) electrons. The van der Waals surface area contributed by atoms with Crippen LogP contribution in [0.5, 0.6) is 0 Å². The van der Waals surface area contributed by atoms with Gasteiger partial charge in [0.2, 0.25) is 0 Å².